The summed E-state index contributed by atoms with van der Waals surface area (Å²) in [6.07, 6.45) is 4.89. The fourth-order valence-corrected chi connectivity index (χ4v) is 1.94. The quantitative estimate of drug-likeness (QED) is 0.570. The first-order valence-corrected chi connectivity index (χ1v) is 7.92. The molecular formula is C18H20N4O3. The first kappa shape index (κ1) is 18.1. The number of pyridine rings is 1. The predicted octanol–water partition coefficient (Wildman–Crippen LogP) is 2.35. The van der Waals surface area contributed by atoms with Crippen LogP contribution in [0.15, 0.2) is 53.9 Å². The number of rotatable bonds is 8. The number of carbonyl (C=O) groups excluding carboxylic acids is 2. The van der Waals surface area contributed by atoms with Crippen molar-refractivity contribution in [2.75, 3.05) is 11.9 Å². The highest BCUT2D eigenvalue weighted by atomic mass is 16.5. The molecule has 1 heterocycles. The molecule has 130 valence electrons. The average Bonchev–Trinajstić information content (AvgIpc) is 2.63. The van der Waals surface area contributed by atoms with E-state index >= 15 is 0 Å². The Balaban J connectivity index is 1.70. The van der Waals surface area contributed by atoms with E-state index in [4.69, 9.17) is 4.74 Å². The lowest BCUT2D eigenvalue weighted by Gasteiger charge is -2.07. The number of nitrogens with one attached hydrogen (secondary N) is 2. The van der Waals surface area contributed by atoms with Gasteiger partial charge in [-0.2, -0.15) is 5.10 Å². The number of amides is 2. The summed E-state index contributed by atoms with van der Waals surface area (Å²) >= 11 is 0. The maximum atomic E-state index is 11.9. The van der Waals surface area contributed by atoms with Crippen molar-refractivity contribution >= 4 is 23.7 Å². The van der Waals surface area contributed by atoms with E-state index in [2.05, 4.69) is 20.8 Å². The second kappa shape index (κ2) is 9.82. The molecule has 2 rings (SSSR count). The lowest BCUT2D eigenvalue weighted by molar-refractivity contribution is -0.124. The molecule has 2 aromatic rings. The molecule has 7 heteroatoms. The van der Waals surface area contributed by atoms with Gasteiger partial charge in [0.1, 0.15) is 5.75 Å². The van der Waals surface area contributed by atoms with Crippen molar-refractivity contribution in [1.29, 1.82) is 0 Å². The van der Waals surface area contributed by atoms with Crippen LogP contribution in [0.3, 0.4) is 0 Å². The summed E-state index contributed by atoms with van der Waals surface area (Å²) in [7, 11) is 0. The molecule has 0 atom stereocenters. The minimum atomic E-state index is -0.331. The van der Waals surface area contributed by atoms with Crippen molar-refractivity contribution in [3.63, 3.8) is 0 Å². The lowest BCUT2D eigenvalue weighted by Crippen LogP contribution is -2.20. The SMILES string of the molecule is CCOc1ccc(NC(=O)CCC(=O)N/N=C/c2cccnc2)cc1. The fourth-order valence-electron chi connectivity index (χ4n) is 1.94. The molecule has 0 fully saturated rings. The smallest absolute Gasteiger partial charge is 0.240 e. The van der Waals surface area contributed by atoms with E-state index in [0.717, 1.165) is 11.3 Å². The molecule has 0 aliphatic heterocycles. The highest BCUT2D eigenvalue weighted by Crippen LogP contribution is 2.15. The van der Waals surface area contributed by atoms with Crippen molar-refractivity contribution in [1.82, 2.24) is 10.4 Å². The molecule has 0 spiro atoms. The summed E-state index contributed by atoms with van der Waals surface area (Å²) in [5.41, 5.74) is 3.81. The first-order valence-electron chi connectivity index (χ1n) is 7.92. The normalized spacial score (nSPS) is 10.4. The van der Waals surface area contributed by atoms with Gasteiger partial charge in [-0.1, -0.05) is 6.07 Å². The van der Waals surface area contributed by atoms with E-state index in [0.29, 0.717) is 12.3 Å². The minimum absolute atomic E-state index is 0.0489. The van der Waals surface area contributed by atoms with E-state index in [1.165, 1.54) is 6.21 Å². The number of nitrogens with zero attached hydrogens (tertiary/aromatic N) is 2. The van der Waals surface area contributed by atoms with Crippen molar-refractivity contribution in [2.24, 2.45) is 5.10 Å². The summed E-state index contributed by atoms with van der Waals surface area (Å²) < 4.78 is 5.33. The van der Waals surface area contributed by atoms with E-state index in [1.54, 1.807) is 42.7 Å². The van der Waals surface area contributed by atoms with Crippen LogP contribution in [-0.4, -0.2) is 29.6 Å². The summed E-state index contributed by atoms with van der Waals surface area (Å²) in [6, 6.07) is 10.6. The summed E-state index contributed by atoms with van der Waals surface area (Å²) in [5.74, 6) is 0.170. The molecule has 2 N–H and O–H groups in total. The van der Waals surface area contributed by atoms with Gasteiger partial charge in [-0.15, -0.1) is 0 Å². The second-order valence-corrected chi connectivity index (χ2v) is 5.09. The van der Waals surface area contributed by atoms with Crippen molar-refractivity contribution in [2.45, 2.75) is 19.8 Å². The van der Waals surface area contributed by atoms with E-state index in [-0.39, 0.29) is 24.7 Å². The highest BCUT2D eigenvalue weighted by molar-refractivity contribution is 5.93. The molecule has 1 aromatic carbocycles. The minimum Gasteiger partial charge on any atom is -0.494 e. The van der Waals surface area contributed by atoms with E-state index < -0.39 is 0 Å². The number of carbonyl (C=O) groups is 2. The number of ether oxygens (including phenoxy) is 1. The van der Waals surface area contributed by atoms with Gasteiger partial charge in [-0.25, -0.2) is 5.43 Å². The Morgan fingerprint density at radius 2 is 1.92 bits per heavy atom. The Hall–Kier alpha value is -3.22. The Kier molecular flexibility index (Phi) is 7.12. The van der Waals surface area contributed by atoms with Gasteiger partial charge in [0.15, 0.2) is 0 Å². The molecule has 2 amide bonds. The van der Waals surface area contributed by atoms with Crippen LogP contribution in [0.2, 0.25) is 0 Å². The van der Waals surface area contributed by atoms with Crippen LogP contribution >= 0.6 is 0 Å². The molecule has 0 aliphatic carbocycles. The van der Waals surface area contributed by atoms with Gasteiger partial charge in [0.05, 0.1) is 12.8 Å². The monoisotopic (exact) mass is 340 g/mol. The zero-order chi connectivity index (χ0) is 17.9. The van der Waals surface area contributed by atoms with Gasteiger partial charge in [0.2, 0.25) is 11.8 Å². The third-order valence-electron chi connectivity index (χ3n) is 3.12. The molecule has 0 aliphatic rings. The lowest BCUT2D eigenvalue weighted by atomic mass is 10.2. The van der Waals surface area contributed by atoms with Crippen molar-refractivity contribution < 1.29 is 14.3 Å². The largest absolute Gasteiger partial charge is 0.494 e. The van der Waals surface area contributed by atoms with E-state index in [1.807, 2.05) is 13.0 Å². The third-order valence-corrected chi connectivity index (χ3v) is 3.12. The van der Waals surface area contributed by atoms with Crippen LogP contribution in [0.1, 0.15) is 25.3 Å². The van der Waals surface area contributed by atoms with Crippen molar-refractivity contribution in [3.05, 3.63) is 54.4 Å². The molecule has 0 unspecified atom stereocenters. The second-order valence-electron chi connectivity index (χ2n) is 5.09. The van der Waals surface area contributed by atoms with Crippen LogP contribution in [0.25, 0.3) is 0 Å². The molecule has 1 aromatic heterocycles. The Morgan fingerprint density at radius 1 is 1.16 bits per heavy atom. The Labute approximate surface area is 146 Å². The van der Waals surface area contributed by atoms with Gasteiger partial charge >= 0.3 is 0 Å². The average molecular weight is 340 g/mol. The number of aromatic nitrogens is 1. The highest BCUT2D eigenvalue weighted by Gasteiger charge is 2.07. The van der Waals surface area contributed by atoms with Gasteiger partial charge in [0, 0.05) is 36.5 Å². The maximum absolute atomic E-state index is 11.9. The zero-order valence-corrected chi connectivity index (χ0v) is 13.9. The predicted molar refractivity (Wildman–Crippen MR) is 95.4 cm³/mol. The molecule has 0 bridgehead atoms. The van der Waals surface area contributed by atoms with Gasteiger partial charge < -0.3 is 10.1 Å². The van der Waals surface area contributed by atoms with Crippen molar-refractivity contribution in [3.8, 4) is 5.75 Å². The summed E-state index contributed by atoms with van der Waals surface area (Å²) in [6.45, 7) is 2.49. The molecule has 0 radical (unpaired) electrons. The van der Waals surface area contributed by atoms with Gasteiger partial charge in [0.25, 0.3) is 0 Å². The summed E-state index contributed by atoms with van der Waals surface area (Å²) in [4.78, 5) is 27.5. The number of hydrogen-bond acceptors (Lipinski definition) is 5. The molecule has 0 saturated heterocycles. The molecular weight excluding hydrogens is 320 g/mol. The van der Waals surface area contributed by atoms with Crippen LogP contribution in [0.5, 0.6) is 5.75 Å². The zero-order valence-electron chi connectivity index (χ0n) is 13.9. The fraction of sp³-hybridized carbons (Fsp3) is 0.222. The van der Waals surface area contributed by atoms with Gasteiger partial charge in [-0.05, 0) is 37.3 Å². The first-order chi connectivity index (χ1) is 12.2. The van der Waals surface area contributed by atoms with Crippen LogP contribution in [0.4, 0.5) is 5.69 Å². The van der Waals surface area contributed by atoms with Crippen LogP contribution in [-0.2, 0) is 9.59 Å². The van der Waals surface area contributed by atoms with E-state index in [9.17, 15) is 9.59 Å². The molecule has 25 heavy (non-hydrogen) atoms. The molecule has 0 saturated carbocycles. The third kappa shape index (κ3) is 6.82. The van der Waals surface area contributed by atoms with Crippen LogP contribution < -0.4 is 15.5 Å². The maximum Gasteiger partial charge on any atom is 0.240 e. The number of benzene rings is 1. The van der Waals surface area contributed by atoms with Gasteiger partial charge in [-0.3, -0.25) is 14.6 Å². The number of hydrogen-bond donors (Lipinski definition) is 2. The van der Waals surface area contributed by atoms with Crippen LogP contribution in [0, 0.1) is 0 Å². The summed E-state index contributed by atoms with van der Waals surface area (Å²) in [5, 5.41) is 6.55. The topological polar surface area (TPSA) is 92.7 Å². The number of anilines is 1. The standard InChI is InChI=1S/C18H20N4O3/c1-2-25-16-7-5-15(6-8-16)21-17(23)9-10-18(24)22-20-13-14-4-3-11-19-12-14/h3-8,11-13H,2,9-10H2,1H3,(H,21,23)(H,22,24)/b20-13+. The molecule has 7 nitrogen and oxygen atoms in total. The Bertz CT molecular complexity index is 715. The number of hydrazone groups is 1. The Morgan fingerprint density at radius 3 is 2.60 bits per heavy atom.